The van der Waals surface area contributed by atoms with E-state index in [0.29, 0.717) is 26.3 Å². The second kappa shape index (κ2) is 12.3. The molecule has 0 saturated carbocycles. The number of morpholine rings is 1. The monoisotopic (exact) mass is 443 g/mol. The number of nitrogens with zero attached hydrogens (tertiary/aromatic N) is 3. The minimum Gasteiger partial charge on any atom is -0.379 e. The molecule has 0 atom stereocenters. The summed E-state index contributed by atoms with van der Waals surface area (Å²) in [6.07, 6.45) is 4.17. The summed E-state index contributed by atoms with van der Waals surface area (Å²) in [5.74, 6) is -0.720. The zero-order chi connectivity index (χ0) is 22.0. The lowest BCUT2D eigenvalue weighted by molar-refractivity contribution is -0.131. The van der Waals surface area contributed by atoms with E-state index in [1.54, 1.807) is 4.90 Å². The number of unbranched alkanes of at least 4 members (excludes halogenated alkanes) is 3. The Hall–Kier alpha value is -1.55. The van der Waals surface area contributed by atoms with Crippen molar-refractivity contribution >= 4 is 15.9 Å². The molecule has 30 heavy (non-hydrogen) atoms. The summed E-state index contributed by atoms with van der Waals surface area (Å²) in [5.41, 5.74) is 0. The fourth-order valence-electron chi connectivity index (χ4n) is 3.34. The van der Waals surface area contributed by atoms with Gasteiger partial charge in [-0.2, -0.15) is 4.31 Å². The third-order valence-corrected chi connectivity index (χ3v) is 7.12. The van der Waals surface area contributed by atoms with E-state index < -0.39 is 15.8 Å². The molecule has 1 aromatic carbocycles. The number of carbonyl (C=O) groups is 1. The number of carbonyl (C=O) groups excluding carboxylic acids is 1. The summed E-state index contributed by atoms with van der Waals surface area (Å²) < 4.78 is 45.0. The highest BCUT2D eigenvalue weighted by Crippen LogP contribution is 2.15. The van der Waals surface area contributed by atoms with Crippen LogP contribution in [0.4, 0.5) is 4.39 Å². The van der Waals surface area contributed by atoms with Gasteiger partial charge in [0.25, 0.3) is 0 Å². The minimum absolute atomic E-state index is 0.0259. The van der Waals surface area contributed by atoms with E-state index in [0.717, 1.165) is 61.8 Å². The molecular weight excluding hydrogens is 409 g/mol. The Morgan fingerprint density at radius 2 is 1.77 bits per heavy atom. The lowest BCUT2D eigenvalue weighted by atomic mass is 10.2. The summed E-state index contributed by atoms with van der Waals surface area (Å²) in [4.78, 5) is 16.9. The van der Waals surface area contributed by atoms with Crippen LogP contribution in [0.1, 0.15) is 32.6 Å². The van der Waals surface area contributed by atoms with Gasteiger partial charge in [-0.25, -0.2) is 12.8 Å². The largest absolute Gasteiger partial charge is 0.379 e. The Balaban J connectivity index is 1.98. The zero-order valence-electron chi connectivity index (χ0n) is 18.1. The molecule has 1 amide bonds. The molecule has 9 heteroatoms. The molecule has 0 radical (unpaired) electrons. The van der Waals surface area contributed by atoms with Crippen LogP contribution < -0.4 is 0 Å². The number of rotatable bonds is 12. The lowest BCUT2D eigenvalue weighted by Crippen LogP contribution is -2.46. The van der Waals surface area contributed by atoms with E-state index in [1.807, 2.05) is 0 Å². The number of likely N-dealkylation sites (N-methyl/N-ethyl adjacent to an activating group) is 1. The van der Waals surface area contributed by atoms with Crippen LogP contribution in [0, 0.1) is 5.82 Å². The molecule has 1 heterocycles. The number of sulfonamides is 1. The Labute approximate surface area is 179 Å². The SMILES string of the molecule is CCCCCCN(CCN1CCOCC1)C(=O)CN(C)S(=O)(=O)c1ccc(F)cc1. The highest BCUT2D eigenvalue weighted by Gasteiger charge is 2.25. The molecule has 1 aliphatic heterocycles. The number of amides is 1. The van der Waals surface area contributed by atoms with Gasteiger partial charge >= 0.3 is 0 Å². The summed E-state index contributed by atoms with van der Waals surface area (Å²) in [5, 5.41) is 0. The Kier molecular flexibility index (Phi) is 10.2. The highest BCUT2D eigenvalue weighted by atomic mass is 32.2. The van der Waals surface area contributed by atoms with Crippen LogP contribution in [0.5, 0.6) is 0 Å². The van der Waals surface area contributed by atoms with E-state index in [2.05, 4.69) is 11.8 Å². The molecule has 2 rings (SSSR count). The van der Waals surface area contributed by atoms with Gasteiger partial charge in [0.1, 0.15) is 5.82 Å². The first-order valence-electron chi connectivity index (χ1n) is 10.6. The molecule has 0 bridgehead atoms. The second-order valence-corrected chi connectivity index (χ2v) is 9.66. The zero-order valence-corrected chi connectivity index (χ0v) is 18.9. The third-order valence-electron chi connectivity index (χ3n) is 5.30. The average Bonchev–Trinajstić information content (AvgIpc) is 2.74. The normalized spacial score (nSPS) is 15.5. The summed E-state index contributed by atoms with van der Waals surface area (Å²) in [6.45, 7) is 6.91. The van der Waals surface area contributed by atoms with Crippen molar-refractivity contribution in [1.82, 2.24) is 14.1 Å². The van der Waals surface area contributed by atoms with Crippen molar-refractivity contribution in [3.8, 4) is 0 Å². The summed E-state index contributed by atoms with van der Waals surface area (Å²) in [6, 6.07) is 4.63. The van der Waals surface area contributed by atoms with Crippen LogP contribution >= 0.6 is 0 Å². The van der Waals surface area contributed by atoms with Crippen LogP contribution in [0.2, 0.25) is 0 Å². The fourth-order valence-corrected chi connectivity index (χ4v) is 4.46. The maximum Gasteiger partial charge on any atom is 0.243 e. The fraction of sp³-hybridized carbons (Fsp3) is 0.667. The maximum absolute atomic E-state index is 13.1. The van der Waals surface area contributed by atoms with Gasteiger partial charge in [0.05, 0.1) is 24.7 Å². The number of hydrogen-bond acceptors (Lipinski definition) is 5. The van der Waals surface area contributed by atoms with Gasteiger partial charge in [-0.3, -0.25) is 9.69 Å². The van der Waals surface area contributed by atoms with Gasteiger partial charge in [-0.1, -0.05) is 26.2 Å². The van der Waals surface area contributed by atoms with Crippen molar-refractivity contribution in [2.75, 3.05) is 59.5 Å². The van der Waals surface area contributed by atoms with Crippen molar-refractivity contribution in [1.29, 1.82) is 0 Å². The third kappa shape index (κ3) is 7.61. The first-order valence-corrected chi connectivity index (χ1v) is 12.1. The van der Waals surface area contributed by atoms with Crippen molar-refractivity contribution in [3.63, 3.8) is 0 Å². The van der Waals surface area contributed by atoms with Gasteiger partial charge < -0.3 is 9.64 Å². The molecule has 7 nitrogen and oxygen atoms in total. The molecule has 0 aromatic heterocycles. The van der Waals surface area contributed by atoms with E-state index >= 15 is 0 Å². The minimum atomic E-state index is -3.86. The number of ether oxygens (including phenoxy) is 1. The molecule has 1 aliphatic rings. The van der Waals surface area contributed by atoms with E-state index in [4.69, 9.17) is 4.74 Å². The molecule has 1 fully saturated rings. The van der Waals surface area contributed by atoms with Crippen LogP contribution in [-0.2, 0) is 19.6 Å². The van der Waals surface area contributed by atoms with Gasteiger partial charge in [-0.05, 0) is 30.7 Å². The Bertz CT molecular complexity index is 752. The smallest absolute Gasteiger partial charge is 0.243 e. The first-order chi connectivity index (χ1) is 14.3. The number of halogens is 1. The molecule has 0 N–H and O–H groups in total. The van der Waals surface area contributed by atoms with E-state index in [1.165, 1.54) is 19.2 Å². The quantitative estimate of drug-likeness (QED) is 0.463. The topological polar surface area (TPSA) is 70.2 Å². The molecule has 0 unspecified atom stereocenters. The van der Waals surface area contributed by atoms with Crippen LogP contribution in [-0.4, -0.2) is 88.0 Å². The molecule has 1 aromatic rings. The van der Waals surface area contributed by atoms with Gasteiger partial charge in [-0.15, -0.1) is 0 Å². The lowest BCUT2D eigenvalue weighted by Gasteiger charge is -2.31. The molecule has 0 aliphatic carbocycles. The number of benzene rings is 1. The highest BCUT2D eigenvalue weighted by molar-refractivity contribution is 7.89. The predicted molar refractivity (Wildman–Crippen MR) is 114 cm³/mol. The molecular formula is C21H34FN3O4S. The van der Waals surface area contributed by atoms with Gasteiger partial charge in [0.15, 0.2) is 0 Å². The molecule has 1 saturated heterocycles. The van der Waals surface area contributed by atoms with Gasteiger partial charge in [0, 0.05) is 39.8 Å². The summed E-state index contributed by atoms with van der Waals surface area (Å²) >= 11 is 0. The van der Waals surface area contributed by atoms with Crippen molar-refractivity contribution in [2.45, 2.75) is 37.5 Å². The first kappa shape index (κ1) is 24.7. The Morgan fingerprint density at radius 1 is 1.10 bits per heavy atom. The molecule has 170 valence electrons. The van der Waals surface area contributed by atoms with Crippen molar-refractivity contribution in [2.24, 2.45) is 0 Å². The van der Waals surface area contributed by atoms with Crippen molar-refractivity contribution in [3.05, 3.63) is 30.1 Å². The van der Waals surface area contributed by atoms with Crippen molar-refractivity contribution < 1.29 is 22.3 Å². The van der Waals surface area contributed by atoms with Gasteiger partial charge in [0.2, 0.25) is 15.9 Å². The average molecular weight is 444 g/mol. The van der Waals surface area contributed by atoms with E-state index in [9.17, 15) is 17.6 Å². The Morgan fingerprint density at radius 3 is 2.40 bits per heavy atom. The maximum atomic E-state index is 13.1. The number of hydrogen-bond donors (Lipinski definition) is 0. The molecule has 0 spiro atoms. The van der Waals surface area contributed by atoms with Crippen LogP contribution in [0.15, 0.2) is 29.2 Å². The summed E-state index contributed by atoms with van der Waals surface area (Å²) in [7, 11) is -2.47. The standard InChI is InChI=1S/C21H34FN3O4S/c1-3-4-5-6-11-25(13-12-24-14-16-29-17-15-24)21(26)18-23(2)30(27,28)20-9-7-19(22)8-10-20/h7-10H,3-6,11-18H2,1-2H3. The predicted octanol–water partition coefficient (Wildman–Crippen LogP) is 2.19. The van der Waals surface area contributed by atoms with E-state index in [-0.39, 0.29) is 17.3 Å². The second-order valence-electron chi connectivity index (χ2n) is 7.61. The van der Waals surface area contributed by atoms with Crippen LogP contribution in [0.3, 0.4) is 0 Å². The van der Waals surface area contributed by atoms with Crippen LogP contribution in [0.25, 0.3) is 0 Å².